The van der Waals surface area contributed by atoms with Gasteiger partial charge < -0.3 is 4.74 Å². The minimum absolute atomic E-state index is 0.0181. The van der Waals surface area contributed by atoms with Crippen molar-refractivity contribution in [1.82, 2.24) is 0 Å². The third-order valence-electron chi connectivity index (χ3n) is 1.82. The quantitative estimate of drug-likeness (QED) is 0.841. The maximum atomic E-state index is 12.0. The Labute approximate surface area is 111 Å². The van der Waals surface area contributed by atoms with Gasteiger partial charge in [-0.3, -0.25) is 0 Å². The predicted octanol–water partition coefficient (Wildman–Crippen LogP) is 2.93. The second-order valence-corrected chi connectivity index (χ2v) is 6.73. The van der Waals surface area contributed by atoms with Gasteiger partial charge in [-0.2, -0.15) is 13.2 Å². The van der Waals surface area contributed by atoms with Gasteiger partial charge in [0, 0.05) is 6.26 Å². The summed E-state index contributed by atoms with van der Waals surface area (Å²) in [5, 5.41) is 0. The maximum Gasteiger partial charge on any atom is 0.422 e. The van der Waals surface area contributed by atoms with Crippen LogP contribution in [-0.2, 0) is 15.6 Å². The minimum Gasteiger partial charge on any atom is -0.483 e. The Kier molecular flexibility index (Phi) is 4.66. The van der Waals surface area contributed by atoms with Crippen LogP contribution in [0.5, 0.6) is 5.75 Å². The first-order valence-corrected chi connectivity index (χ1v) is 7.58. The topological polar surface area (TPSA) is 43.4 Å². The van der Waals surface area contributed by atoms with Crippen LogP contribution in [0.15, 0.2) is 22.7 Å². The van der Waals surface area contributed by atoms with Crippen molar-refractivity contribution in [3.8, 4) is 5.75 Å². The van der Waals surface area contributed by atoms with Crippen molar-refractivity contribution in [2.24, 2.45) is 0 Å². The van der Waals surface area contributed by atoms with Gasteiger partial charge in [-0.05, 0) is 33.6 Å². The molecule has 1 aromatic rings. The summed E-state index contributed by atoms with van der Waals surface area (Å²) in [4.78, 5) is 0. The summed E-state index contributed by atoms with van der Waals surface area (Å²) in [6.45, 7) is -1.39. The highest BCUT2D eigenvalue weighted by atomic mass is 79.9. The fraction of sp³-hybridized carbons (Fsp3) is 0.400. The largest absolute Gasteiger partial charge is 0.483 e. The fourth-order valence-electron chi connectivity index (χ4n) is 1.21. The molecular weight excluding hydrogens is 337 g/mol. The van der Waals surface area contributed by atoms with Crippen LogP contribution in [0, 0.1) is 0 Å². The number of hydrogen-bond acceptors (Lipinski definition) is 3. The van der Waals surface area contributed by atoms with Crippen molar-refractivity contribution >= 4 is 25.8 Å². The van der Waals surface area contributed by atoms with Gasteiger partial charge in [0.25, 0.3) is 0 Å². The lowest BCUT2D eigenvalue weighted by Gasteiger charge is -2.11. The average Bonchev–Trinajstić information content (AvgIpc) is 2.12. The van der Waals surface area contributed by atoms with Crippen LogP contribution in [0.3, 0.4) is 0 Å². The van der Waals surface area contributed by atoms with E-state index in [1.807, 2.05) is 0 Å². The molecule has 0 bridgehead atoms. The number of rotatable bonds is 4. The maximum absolute atomic E-state index is 12.0. The van der Waals surface area contributed by atoms with E-state index in [-0.39, 0.29) is 16.0 Å². The second-order valence-electron chi connectivity index (χ2n) is 3.74. The van der Waals surface area contributed by atoms with Crippen molar-refractivity contribution in [2.75, 3.05) is 12.9 Å². The Morgan fingerprint density at radius 2 is 1.94 bits per heavy atom. The molecule has 0 aliphatic rings. The zero-order valence-corrected chi connectivity index (χ0v) is 11.7. The van der Waals surface area contributed by atoms with Crippen molar-refractivity contribution in [1.29, 1.82) is 0 Å². The molecule has 0 amide bonds. The molecule has 0 unspecified atom stereocenters. The number of alkyl halides is 3. The number of benzene rings is 1. The van der Waals surface area contributed by atoms with Crippen LogP contribution in [-0.4, -0.2) is 27.5 Å². The summed E-state index contributed by atoms with van der Waals surface area (Å²) >= 11 is 3.04. The molecule has 8 heteroatoms. The van der Waals surface area contributed by atoms with Crippen molar-refractivity contribution in [3.05, 3.63) is 28.2 Å². The van der Waals surface area contributed by atoms with Crippen LogP contribution in [0.4, 0.5) is 13.2 Å². The van der Waals surface area contributed by atoms with Gasteiger partial charge in [0.15, 0.2) is 16.4 Å². The number of hydrogen-bond donors (Lipinski definition) is 0. The molecule has 0 saturated carbocycles. The van der Waals surface area contributed by atoms with Gasteiger partial charge in [-0.1, -0.05) is 6.07 Å². The third kappa shape index (κ3) is 5.72. The van der Waals surface area contributed by atoms with E-state index < -0.39 is 22.6 Å². The summed E-state index contributed by atoms with van der Waals surface area (Å²) in [7, 11) is -3.18. The van der Waals surface area contributed by atoms with E-state index in [2.05, 4.69) is 20.7 Å². The molecule has 1 aromatic carbocycles. The molecule has 0 aliphatic heterocycles. The first-order chi connectivity index (χ1) is 8.07. The van der Waals surface area contributed by atoms with Crippen molar-refractivity contribution < 1.29 is 26.3 Å². The van der Waals surface area contributed by atoms with Crippen molar-refractivity contribution in [2.45, 2.75) is 11.9 Å². The molecule has 0 fully saturated rings. The number of ether oxygens (including phenoxy) is 1. The Bertz CT molecular complexity index is 526. The molecule has 0 aromatic heterocycles. The predicted molar refractivity (Wildman–Crippen MR) is 64.2 cm³/mol. The molecule has 0 atom stereocenters. The highest BCUT2D eigenvalue weighted by Crippen LogP contribution is 2.28. The van der Waals surface area contributed by atoms with E-state index in [1.54, 1.807) is 0 Å². The van der Waals surface area contributed by atoms with Gasteiger partial charge in [0.2, 0.25) is 0 Å². The average molecular weight is 347 g/mol. The van der Waals surface area contributed by atoms with Gasteiger partial charge in [-0.25, -0.2) is 8.42 Å². The standard InChI is InChI=1S/C10H10BrF3O3S/c1-18(15,16)5-7-2-3-9(8(11)4-7)17-6-10(12,13)14/h2-4H,5-6H2,1H3. The molecular formula is C10H10BrF3O3S. The second kappa shape index (κ2) is 5.48. The summed E-state index contributed by atoms with van der Waals surface area (Å²) in [5.74, 6) is -0.157. The van der Waals surface area contributed by atoms with E-state index >= 15 is 0 Å². The zero-order chi connectivity index (χ0) is 14.0. The Hall–Kier alpha value is -0.760. The van der Waals surface area contributed by atoms with Gasteiger partial charge in [-0.15, -0.1) is 0 Å². The highest BCUT2D eigenvalue weighted by molar-refractivity contribution is 9.10. The smallest absolute Gasteiger partial charge is 0.422 e. The lowest BCUT2D eigenvalue weighted by atomic mass is 10.2. The third-order valence-corrected chi connectivity index (χ3v) is 3.29. The van der Waals surface area contributed by atoms with E-state index in [9.17, 15) is 21.6 Å². The first-order valence-electron chi connectivity index (χ1n) is 4.72. The van der Waals surface area contributed by atoms with E-state index in [0.29, 0.717) is 5.56 Å². The summed E-state index contributed by atoms with van der Waals surface area (Å²) in [5.41, 5.74) is 0.476. The van der Waals surface area contributed by atoms with Crippen molar-refractivity contribution in [3.63, 3.8) is 0 Å². The van der Waals surface area contributed by atoms with Gasteiger partial charge in [0.05, 0.1) is 10.2 Å². The molecule has 0 N–H and O–H groups in total. The Morgan fingerprint density at radius 3 is 2.39 bits per heavy atom. The Morgan fingerprint density at radius 1 is 1.33 bits per heavy atom. The van der Waals surface area contributed by atoms with Crippen LogP contribution in [0.2, 0.25) is 0 Å². The first kappa shape index (κ1) is 15.3. The normalized spacial score (nSPS) is 12.5. The molecule has 1 rings (SSSR count). The molecule has 102 valence electrons. The van der Waals surface area contributed by atoms with Crippen LogP contribution < -0.4 is 4.74 Å². The lowest BCUT2D eigenvalue weighted by Crippen LogP contribution is -2.19. The van der Waals surface area contributed by atoms with E-state index in [4.69, 9.17) is 0 Å². The minimum atomic E-state index is -4.41. The summed E-state index contributed by atoms with van der Waals surface area (Å²) in [6.07, 6.45) is -3.33. The molecule has 0 heterocycles. The highest BCUT2D eigenvalue weighted by Gasteiger charge is 2.28. The summed E-state index contributed by atoms with van der Waals surface area (Å²) < 4.78 is 62.8. The number of halogens is 4. The van der Waals surface area contributed by atoms with Crippen LogP contribution in [0.1, 0.15) is 5.56 Å². The SMILES string of the molecule is CS(=O)(=O)Cc1ccc(OCC(F)(F)F)c(Br)c1. The molecule has 0 aliphatic carbocycles. The molecule has 0 saturated heterocycles. The molecule has 0 radical (unpaired) electrons. The van der Waals surface area contributed by atoms with Crippen LogP contribution >= 0.6 is 15.9 Å². The number of sulfone groups is 1. The monoisotopic (exact) mass is 346 g/mol. The summed E-state index contributed by atoms with van der Waals surface area (Å²) in [6, 6.07) is 4.14. The molecule has 0 spiro atoms. The fourth-order valence-corrected chi connectivity index (χ4v) is 2.54. The van der Waals surface area contributed by atoms with Gasteiger partial charge >= 0.3 is 6.18 Å². The van der Waals surface area contributed by atoms with Gasteiger partial charge in [0.1, 0.15) is 5.75 Å². The molecule has 3 nitrogen and oxygen atoms in total. The Balaban J connectivity index is 2.80. The van der Waals surface area contributed by atoms with E-state index in [0.717, 1.165) is 6.26 Å². The van der Waals surface area contributed by atoms with E-state index in [1.165, 1.54) is 18.2 Å². The lowest BCUT2D eigenvalue weighted by molar-refractivity contribution is -0.153. The van der Waals surface area contributed by atoms with Crippen LogP contribution in [0.25, 0.3) is 0 Å². The molecule has 18 heavy (non-hydrogen) atoms. The zero-order valence-electron chi connectivity index (χ0n) is 9.29.